The number of ether oxygens (including phenoxy) is 4. The molecule has 7 aliphatic heterocycles. The lowest BCUT2D eigenvalue weighted by molar-refractivity contribution is -0.206. The topological polar surface area (TPSA) is 195 Å². The number of hydrogen-bond acceptors (Lipinski definition) is 14. The fourth-order valence-electron chi connectivity index (χ4n) is 8.15. The lowest BCUT2D eigenvalue weighted by atomic mass is 9.72. The maximum Gasteiger partial charge on any atom is 0.302 e. The van der Waals surface area contributed by atoms with Crippen molar-refractivity contribution in [3.8, 4) is 0 Å². The van der Waals surface area contributed by atoms with Gasteiger partial charge in [0, 0.05) is 26.7 Å². The Morgan fingerprint density at radius 3 is 1.70 bits per heavy atom. The molecule has 7 heterocycles. The van der Waals surface area contributed by atoms with E-state index in [9.17, 15) is 29.4 Å². The van der Waals surface area contributed by atoms with Gasteiger partial charge in [0.1, 0.15) is 46.7 Å². The van der Waals surface area contributed by atoms with E-state index < -0.39 is 71.6 Å². The third-order valence-corrected chi connectivity index (χ3v) is 11.3. The maximum atomic E-state index is 14.6. The van der Waals surface area contributed by atoms with Gasteiger partial charge in [-0.25, -0.2) is 20.0 Å². The van der Waals surface area contributed by atoms with Crippen molar-refractivity contribution in [3.63, 3.8) is 0 Å². The van der Waals surface area contributed by atoms with Gasteiger partial charge in [0.05, 0.1) is 58.6 Å². The Bertz CT molecular complexity index is 2080. The van der Waals surface area contributed by atoms with E-state index in [2.05, 4.69) is 0 Å². The highest BCUT2D eigenvalue weighted by molar-refractivity contribution is 6.50. The minimum absolute atomic E-state index is 0.0665. The Morgan fingerprint density at radius 1 is 0.685 bits per heavy atom. The smallest absolute Gasteiger partial charge is 0.302 e. The summed E-state index contributed by atoms with van der Waals surface area (Å²) in [4.78, 5) is 72.9. The molecule has 7 rings (SSSR count). The van der Waals surface area contributed by atoms with E-state index in [0.717, 1.165) is 5.57 Å². The summed E-state index contributed by atoms with van der Waals surface area (Å²) in [7, 11) is 0. The molecule has 0 aromatic rings. The average Bonchev–Trinajstić information content (AvgIpc) is 3.76. The Morgan fingerprint density at radius 2 is 1.19 bits per heavy atom. The van der Waals surface area contributed by atoms with E-state index in [-0.39, 0.29) is 35.8 Å². The first-order chi connectivity index (χ1) is 25.4. The van der Waals surface area contributed by atoms with Crippen LogP contribution in [0.15, 0.2) is 90.4 Å². The molecule has 14 heteroatoms. The van der Waals surface area contributed by atoms with Crippen molar-refractivity contribution in [3.05, 3.63) is 70.4 Å². The fraction of sp³-hybridized carbons (Fsp3) is 0.500. The zero-order chi connectivity index (χ0) is 39.0. The van der Waals surface area contributed by atoms with Crippen LogP contribution in [0.5, 0.6) is 0 Å². The number of Topliss-reactive ketones (excluding diaryl/α,β-unsaturated/α-hetero) is 2. The Hall–Kier alpha value is -4.76. The van der Waals surface area contributed by atoms with Gasteiger partial charge in [-0.15, -0.1) is 0 Å². The Kier molecular flexibility index (Phi) is 9.40. The zero-order valence-electron chi connectivity index (χ0n) is 31.4. The van der Waals surface area contributed by atoms with Gasteiger partial charge in [-0.3, -0.25) is 19.2 Å². The van der Waals surface area contributed by atoms with Crippen LogP contribution < -0.4 is 0 Å². The quantitative estimate of drug-likeness (QED) is 0.404. The minimum atomic E-state index is -1.46. The van der Waals surface area contributed by atoms with Crippen molar-refractivity contribution >= 4 is 46.4 Å². The lowest BCUT2D eigenvalue weighted by Gasteiger charge is -2.44. The summed E-state index contributed by atoms with van der Waals surface area (Å²) < 4.78 is 23.8. The number of rotatable bonds is 4. The van der Waals surface area contributed by atoms with Crippen LogP contribution in [0.25, 0.3) is 0 Å². The summed E-state index contributed by atoms with van der Waals surface area (Å²) in [6.45, 7) is 13.0. The molecule has 7 aliphatic rings. The number of fused-ring (bicyclic) bond motifs is 4. The van der Waals surface area contributed by atoms with Gasteiger partial charge in [0.2, 0.25) is 0 Å². The van der Waals surface area contributed by atoms with E-state index in [0.29, 0.717) is 39.8 Å². The minimum Gasteiger partial charge on any atom is -0.460 e. The van der Waals surface area contributed by atoms with Crippen LogP contribution in [0.3, 0.4) is 0 Å². The third-order valence-electron chi connectivity index (χ3n) is 11.3. The summed E-state index contributed by atoms with van der Waals surface area (Å²) in [6.07, 6.45) is 3.21. The van der Waals surface area contributed by atoms with Gasteiger partial charge in [-0.1, -0.05) is 0 Å². The zero-order valence-corrected chi connectivity index (χ0v) is 31.4. The normalized spacial score (nSPS) is 37.5. The molecule has 14 nitrogen and oxygen atoms in total. The van der Waals surface area contributed by atoms with Gasteiger partial charge in [-0.05, 0) is 89.1 Å². The number of aliphatic hydroxyl groups is 2. The number of allylic oxidation sites excluding steroid dienone is 8. The van der Waals surface area contributed by atoms with Crippen LogP contribution in [0.4, 0.5) is 0 Å². The first-order valence-corrected chi connectivity index (χ1v) is 18.1. The first kappa shape index (κ1) is 37.6. The molecule has 0 aromatic heterocycles. The second kappa shape index (κ2) is 13.5. The molecule has 2 fully saturated rings. The molecule has 0 radical (unpaired) electrons. The second-order valence-corrected chi connectivity index (χ2v) is 15.3. The molecule has 8 bridgehead atoms. The van der Waals surface area contributed by atoms with Crippen LogP contribution in [-0.2, 0) is 38.1 Å². The molecule has 2 N–H and O–H groups in total. The Labute approximate surface area is 312 Å². The van der Waals surface area contributed by atoms with E-state index in [1.165, 1.54) is 13.8 Å². The highest BCUT2D eigenvalue weighted by atomic mass is 16.6. The van der Waals surface area contributed by atoms with Gasteiger partial charge < -0.3 is 29.2 Å². The van der Waals surface area contributed by atoms with Crippen LogP contribution in [0.2, 0.25) is 0 Å². The van der Waals surface area contributed by atoms with E-state index in [1.807, 2.05) is 13.8 Å². The van der Waals surface area contributed by atoms with Crippen molar-refractivity contribution in [2.24, 2.45) is 30.8 Å². The number of esters is 2. The lowest BCUT2D eigenvalue weighted by Crippen LogP contribution is -2.57. The van der Waals surface area contributed by atoms with Gasteiger partial charge in [0.15, 0.2) is 11.6 Å². The highest BCUT2D eigenvalue weighted by Gasteiger charge is 2.59. The number of aliphatic imine (C=N–C) groups is 4. The highest BCUT2D eigenvalue weighted by Crippen LogP contribution is 2.48. The third kappa shape index (κ3) is 6.24. The number of carbonyl (C=O) groups is 4. The molecule has 284 valence electrons. The molecule has 54 heavy (non-hydrogen) atoms. The fourth-order valence-corrected chi connectivity index (χ4v) is 8.15. The van der Waals surface area contributed by atoms with E-state index in [4.69, 9.17) is 38.9 Å². The van der Waals surface area contributed by atoms with E-state index >= 15 is 0 Å². The summed E-state index contributed by atoms with van der Waals surface area (Å²) >= 11 is 0. The molecule has 10 unspecified atom stereocenters. The van der Waals surface area contributed by atoms with Crippen LogP contribution in [-0.4, -0.2) is 105 Å². The molecular weight excluding hydrogens is 696 g/mol. The van der Waals surface area contributed by atoms with E-state index in [1.54, 1.807) is 64.2 Å². The molecule has 2 saturated heterocycles. The van der Waals surface area contributed by atoms with Crippen molar-refractivity contribution in [2.75, 3.05) is 0 Å². The molecule has 0 aliphatic carbocycles. The summed E-state index contributed by atoms with van der Waals surface area (Å²) in [6, 6.07) is 0. The molecular formula is C40H44N4O10. The number of carbonyl (C=O) groups excluding carboxylic acids is 4. The summed E-state index contributed by atoms with van der Waals surface area (Å²) in [5.74, 6) is -1.92. The largest absolute Gasteiger partial charge is 0.460 e. The molecule has 0 saturated carbocycles. The van der Waals surface area contributed by atoms with Gasteiger partial charge in [0.25, 0.3) is 0 Å². The molecule has 0 aromatic carbocycles. The second-order valence-electron chi connectivity index (χ2n) is 15.3. The molecule has 10 atom stereocenters. The number of nitrogens with zero attached hydrogens (tertiary/aromatic N) is 4. The standard InChI is InChI=1S/C40H44N4O10/c1-17-10-24-12-33-39(7,37-31(53-21(5)45)15-29(47)19(3)51-37)35(49)27(43-33)11-23-9-18(2)26(41-23)14-34-40(8,36(50)28(44-34)13-25(17)42-24)38-32(54-22(6)46)16-30(48)20(4)52-38/h9-14,19-20,29-32,37-38,47-48H,15-16H2,1-8H3. The predicted molar refractivity (Wildman–Crippen MR) is 197 cm³/mol. The number of hydrogen-bond donors (Lipinski definition) is 2. The average molecular weight is 741 g/mol. The van der Waals surface area contributed by atoms with Crippen LogP contribution in [0, 0.1) is 10.8 Å². The Balaban J connectivity index is 1.38. The molecule has 0 amide bonds. The van der Waals surface area contributed by atoms with Gasteiger partial charge in [-0.2, -0.15) is 0 Å². The first-order valence-electron chi connectivity index (χ1n) is 18.1. The summed E-state index contributed by atoms with van der Waals surface area (Å²) in [5, 5.41) is 21.3. The van der Waals surface area contributed by atoms with Crippen molar-refractivity contribution in [2.45, 2.75) is 117 Å². The van der Waals surface area contributed by atoms with Crippen LogP contribution in [0.1, 0.15) is 68.2 Å². The number of ketones is 2. The monoisotopic (exact) mass is 740 g/mol. The summed E-state index contributed by atoms with van der Waals surface area (Å²) in [5.41, 5.74) is 1.14. The van der Waals surface area contributed by atoms with Crippen molar-refractivity contribution in [1.29, 1.82) is 0 Å². The maximum absolute atomic E-state index is 14.6. The SMILES string of the molecule is CC(=O)OC1CC(O)C(C)OC1C1(C)C(=O)C2=NC1=CC1=NC(=CC3=NC(=CC4=NC(=C2)C=C4C)C(C)(C2OC(C)C(O)CC2OC(C)=O)C3=O)C(C)=C1. The van der Waals surface area contributed by atoms with Crippen molar-refractivity contribution in [1.82, 2.24) is 0 Å². The van der Waals surface area contributed by atoms with Crippen molar-refractivity contribution < 1.29 is 48.3 Å². The number of aliphatic hydroxyl groups excluding tert-OH is 2. The molecule has 0 spiro atoms. The van der Waals surface area contributed by atoms with Crippen LogP contribution >= 0.6 is 0 Å². The van der Waals surface area contributed by atoms with Gasteiger partial charge >= 0.3 is 11.9 Å². The predicted octanol–water partition coefficient (Wildman–Crippen LogP) is 3.34.